The Labute approximate surface area is 110 Å². The second-order valence-electron chi connectivity index (χ2n) is 3.78. The Morgan fingerprint density at radius 3 is 2.74 bits per heavy atom. The summed E-state index contributed by atoms with van der Waals surface area (Å²) in [5.74, 6) is -0.671. The minimum absolute atomic E-state index is 0.108. The fourth-order valence-electron chi connectivity index (χ4n) is 1.43. The van der Waals surface area contributed by atoms with E-state index < -0.39 is 21.5 Å². The van der Waals surface area contributed by atoms with Crippen LogP contribution in [0.3, 0.4) is 0 Å². The van der Waals surface area contributed by atoms with Crippen molar-refractivity contribution in [1.29, 1.82) is 0 Å². The van der Waals surface area contributed by atoms with E-state index in [4.69, 9.17) is 4.42 Å². The van der Waals surface area contributed by atoms with Gasteiger partial charge in [-0.1, -0.05) is 6.07 Å². The second kappa shape index (κ2) is 5.66. The van der Waals surface area contributed by atoms with Crippen LogP contribution >= 0.6 is 0 Å². The molecule has 0 saturated carbocycles. The molecule has 7 heteroatoms. The normalized spacial score (nSPS) is 11.2. The summed E-state index contributed by atoms with van der Waals surface area (Å²) >= 11 is 0. The molecule has 0 spiro atoms. The number of nitrogens with zero attached hydrogens (tertiary/aromatic N) is 1. The molecule has 0 aliphatic carbocycles. The van der Waals surface area contributed by atoms with E-state index in [9.17, 15) is 13.2 Å². The molecule has 6 nitrogen and oxygen atoms in total. The number of sulfone groups is 1. The highest BCUT2D eigenvalue weighted by Crippen LogP contribution is 2.06. The highest BCUT2D eigenvalue weighted by Gasteiger charge is 2.20. The van der Waals surface area contributed by atoms with Crippen molar-refractivity contribution in [2.45, 2.75) is 11.6 Å². The third-order valence-electron chi connectivity index (χ3n) is 2.32. The minimum Gasteiger partial charge on any atom is -0.467 e. The lowest BCUT2D eigenvalue weighted by Gasteiger charge is -2.04. The van der Waals surface area contributed by atoms with Gasteiger partial charge < -0.3 is 9.73 Å². The Morgan fingerprint density at radius 2 is 2.11 bits per heavy atom. The molecule has 1 N–H and O–H groups in total. The first-order valence-electron chi connectivity index (χ1n) is 5.51. The summed E-state index contributed by atoms with van der Waals surface area (Å²) in [6.45, 7) is 0.156. The number of hydrogen-bond acceptors (Lipinski definition) is 5. The van der Waals surface area contributed by atoms with E-state index in [1.165, 1.54) is 18.5 Å². The molecule has 0 fully saturated rings. The van der Waals surface area contributed by atoms with Crippen LogP contribution < -0.4 is 5.32 Å². The molecule has 0 radical (unpaired) electrons. The molecule has 0 saturated heterocycles. The lowest BCUT2D eigenvalue weighted by atomic mass is 10.4. The summed E-state index contributed by atoms with van der Waals surface area (Å²) in [6, 6.07) is 7.89. The van der Waals surface area contributed by atoms with E-state index in [1.54, 1.807) is 24.3 Å². The van der Waals surface area contributed by atoms with Gasteiger partial charge in [0.25, 0.3) is 0 Å². The number of amides is 1. The van der Waals surface area contributed by atoms with E-state index in [-0.39, 0.29) is 11.6 Å². The van der Waals surface area contributed by atoms with Gasteiger partial charge in [-0.25, -0.2) is 13.4 Å². The van der Waals surface area contributed by atoms with Crippen molar-refractivity contribution in [2.24, 2.45) is 0 Å². The predicted molar refractivity (Wildman–Crippen MR) is 66.8 cm³/mol. The Balaban J connectivity index is 1.95. The van der Waals surface area contributed by atoms with Crippen LogP contribution in [-0.2, 0) is 21.2 Å². The first-order chi connectivity index (χ1) is 9.08. The van der Waals surface area contributed by atoms with Gasteiger partial charge in [-0.3, -0.25) is 4.79 Å². The van der Waals surface area contributed by atoms with Gasteiger partial charge in [0.2, 0.25) is 15.7 Å². The van der Waals surface area contributed by atoms with Gasteiger partial charge in [0.05, 0.1) is 12.8 Å². The van der Waals surface area contributed by atoms with E-state index in [0.717, 1.165) is 0 Å². The zero-order chi connectivity index (χ0) is 13.7. The van der Waals surface area contributed by atoms with Crippen molar-refractivity contribution in [3.63, 3.8) is 0 Å². The quantitative estimate of drug-likeness (QED) is 0.873. The lowest BCUT2D eigenvalue weighted by molar-refractivity contribution is -0.118. The largest absolute Gasteiger partial charge is 0.467 e. The second-order valence-corrected chi connectivity index (χ2v) is 5.72. The van der Waals surface area contributed by atoms with Gasteiger partial charge in [0, 0.05) is 6.20 Å². The van der Waals surface area contributed by atoms with Crippen LogP contribution in [0.25, 0.3) is 0 Å². The Hall–Kier alpha value is -2.15. The topological polar surface area (TPSA) is 89.3 Å². The van der Waals surface area contributed by atoms with Crippen LogP contribution in [0.5, 0.6) is 0 Å². The maximum atomic E-state index is 11.9. The molecule has 0 aliphatic heterocycles. The van der Waals surface area contributed by atoms with Crippen molar-refractivity contribution in [3.05, 3.63) is 48.6 Å². The van der Waals surface area contributed by atoms with Gasteiger partial charge in [-0.05, 0) is 24.3 Å². The number of furan rings is 1. The molecule has 1 amide bonds. The molecule has 0 atom stereocenters. The number of nitrogens with one attached hydrogen (secondary N) is 1. The molecule has 2 aromatic heterocycles. The van der Waals surface area contributed by atoms with E-state index in [1.807, 2.05) is 0 Å². The molecule has 2 heterocycles. The van der Waals surface area contributed by atoms with Crippen LogP contribution in [0.4, 0.5) is 0 Å². The average Bonchev–Trinajstić information content (AvgIpc) is 2.90. The Morgan fingerprint density at radius 1 is 1.26 bits per heavy atom. The van der Waals surface area contributed by atoms with Crippen molar-refractivity contribution in [2.75, 3.05) is 5.75 Å². The summed E-state index contributed by atoms with van der Waals surface area (Å²) in [5.41, 5.74) is 0. The van der Waals surface area contributed by atoms with Crippen molar-refractivity contribution in [3.8, 4) is 0 Å². The molecule has 2 aromatic rings. The third-order valence-corrected chi connectivity index (χ3v) is 3.84. The first-order valence-corrected chi connectivity index (χ1v) is 7.16. The van der Waals surface area contributed by atoms with Crippen LogP contribution in [0.15, 0.2) is 52.2 Å². The number of hydrogen-bond donors (Lipinski definition) is 1. The molecule has 0 aromatic carbocycles. The lowest BCUT2D eigenvalue weighted by Crippen LogP contribution is -2.30. The minimum atomic E-state index is -3.70. The summed E-state index contributed by atoms with van der Waals surface area (Å²) < 4.78 is 28.7. The van der Waals surface area contributed by atoms with Crippen molar-refractivity contribution >= 4 is 15.7 Å². The van der Waals surface area contributed by atoms with Gasteiger partial charge in [-0.15, -0.1) is 0 Å². The number of aromatic nitrogens is 1. The van der Waals surface area contributed by atoms with Crippen molar-refractivity contribution in [1.82, 2.24) is 10.3 Å². The maximum Gasteiger partial charge on any atom is 0.236 e. The monoisotopic (exact) mass is 280 g/mol. The molecule has 2 rings (SSSR count). The van der Waals surface area contributed by atoms with Crippen LogP contribution in [0, 0.1) is 0 Å². The molecular weight excluding hydrogens is 268 g/mol. The molecular formula is C12H12N2O4S. The van der Waals surface area contributed by atoms with Gasteiger partial charge in [0.15, 0.2) is 5.03 Å². The van der Waals surface area contributed by atoms with Crippen LogP contribution in [-0.4, -0.2) is 25.1 Å². The number of pyridine rings is 1. The number of carbonyl (C=O) groups excluding carboxylic acids is 1. The van der Waals surface area contributed by atoms with Gasteiger partial charge >= 0.3 is 0 Å². The smallest absolute Gasteiger partial charge is 0.236 e. The Bertz CT molecular complexity index is 636. The highest BCUT2D eigenvalue weighted by atomic mass is 32.2. The molecule has 0 bridgehead atoms. The summed E-state index contributed by atoms with van der Waals surface area (Å²) in [7, 11) is -3.70. The number of rotatable bonds is 5. The molecule has 0 aliphatic rings. The van der Waals surface area contributed by atoms with Crippen molar-refractivity contribution < 1.29 is 17.6 Å². The SMILES string of the molecule is O=C(CS(=O)(=O)c1ccccn1)NCc1ccco1. The zero-order valence-corrected chi connectivity index (χ0v) is 10.8. The van der Waals surface area contributed by atoms with E-state index in [0.29, 0.717) is 5.76 Å². The summed E-state index contributed by atoms with van der Waals surface area (Å²) in [6.07, 6.45) is 2.85. The maximum absolute atomic E-state index is 11.9. The fraction of sp³-hybridized carbons (Fsp3) is 0.167. The highest BCUT2D eigenvalue weighted by molar-refractivity contribution is 7.92. The number of carbonyl (C=O) groups is 1. The summed E-state index contributed by atoms with van der Waals surface area (Å²) in [5, 5.41) is 2.36. The van der Waals surface area contributed by atoms with Gasteiger partial charge in [0.1, 0.15) is 11.5 Å². The third kappa shape index (κ3) is 3.65. The van der Waals surface area contributed by atoms with E-state index >= 15 is 0 Å². The molecule has 0 unspecified atom stereocenters. The van der Waals surface area contributed by atoms with Crippen LogP contribution in [0.2, 0.25) is 0 Å². The summed E-state index contributed by atoms with van der Waals surface area (Å²) in [4.78, 5) is 15.3. The zero-order valence-electron chi connectivity index (χ0n) is 9.94. The van der Waals surface area contributed by atoms with E-state index in [2.05, 4.69) is 10.3 Å². The van der Waals surface area contributed by atoms with Gasteiger partial charge in [-0.2, -0.15) is 0 Å². The Kier molecular flexibility index (Phi) is 3.96. The standard InChI is InChI=1S/C12H12N2O4S/c15-11(14-8-10-4-3-7-18-10)9-19(16,17)12-5-1-2-6-13-12/h1-7H,8-9H2,(H,14,15). The molecule has 100 valence electrons. The average molecular weight is 280 g/mol. The van der Waals surface area contributed by atoms with Crippen LogP contribution in [0.1, 0.15) is 5.76 Å². The predicted octanol–water partition coefficient (Wildman–Crippen LogP) is 0.765. The fourth-order valence-corrected chi connectivity index (χ4v) is 2.53. The molecule has 19 heavy (non-hydrogen) atoms. The first kappa shape index (κ1) is 13.3.